The van der Waals surface area contributed by atoms with Crippen LogP contribution in [0.25, 0.3) is 10.9 Å². The van der Waals surface area contributed by atoms with Crippen molar-refractivity contribution < 1.29 is 38.3 Å². The quantitative estimate of drug-likeness (QED) is 0.107. The van der Waals surface area contributed by atoms with E-state index in [9.17, 15) is 33.6 Å². The number of aromatic nitrogens is 2. The molecule has 1 atom stereocenters. The lowest BCUT2D eigenvalue weighted by atomic mass is 9.98. The molecule has 1 unspecified atom stereocenters. The number of hydrogen-bond donors (Lipinski definition) is 0. The molecule has 0 spiro atoms. The summed E-state index contributed by atoms with van der Waals surface area (Å²) in [6, 6.07) is 21.9. The maximum atomic E-state index is 13.7. The van der Waals surface area contributed by atoms with Gasteiger partial charge in [0.2, 0.25) is 0 Å². The summed E-state index contributed by atoms with van der Waals surface area (Å²) >= 11 is 0. The highest BCUT2D eigenvalue weighted by Gasteiger charge is 2.42. The summed E-state index contributed by atoms with van der Waals surface area (Å²) in [7, 11) is 0. The average molecular weight is 651 g/mol. The Labute approximate surface area is 276 Å². The van der Waals surface area contributed by atoms with Crippen LogP contribution in [0.2, 0.25) is 0 Å². The van der Waals surface area contributed by atoms with E-state index in [1.54, 1.807) is 60.7 Å². The van der Waals surface area contributed by atoms with Gasteiger partial charge in [0.05, 0.1) is 45.8 Å². The minimum atomic E-state index is -1.30. The van der Waals surface area contributed by atoms with E-state index in [4.69, 9.17) is 4.74 Å². The molecular formula is C37H22N4O8. The number of para-hydroxylation sites is 1. The lowest BCUT2D eigenvalue weighted by Crippen LogP contribution is -2.31. The van der Waals surface area contributed by atoms with Crippen LogP contribution >= 0.6 is 0 Å². The molecule has 3 aromatic carbocycles. The molecule has 0 saturated carbocycles. The number of rotatable bonds is 7. The third kappa shape index (κ3) is 4.56. The zero-order valence-electron chi connectivity index (χ0n) is 25.4. The number of anilines is 1. The monoisotopic (exact) mass is 650 g/mol. The Bertz CT molecular complexity index is 2300. The molecular weight excluding hydrogens is 628 g/mol. The number of carbonyl (C=O) groups is 7. The Morgan fingerprint density at radius 3 is 2.18 bits per heavy atom. The number of pyridine rings is 2. The van der Waals surface area contributed by atoms with Crippen LogP contribution in [0.15, 0.2) is 91.1 Å². The Balaban J connectivity index is 0.992. The second-order valence-electron chi connectivity index (χ2n) is 11.6. The molecule has 4 heterocycles. The van der Waals surface area contributed by atoms with Crippen molar-refractivity contribution in [2.75, 3.05) is 18.1 Å². The number of Topliss-reactive ketones (excluding diaryl/α,β-unsaturated/α-hetero) is 2. The number of fused-ring (bicyclic) bond motifs is 4. The Hall–Kier alpha value is -6.69. The summed E-state index contributed by atoms with van der Waals surface area (Å²) in [6.07, 6.45) is 1.63. The zero-order chi connectivity index (χ0) is 34.0. The molecule has 49 heavy (non-hydrogen) atoms. The van der Waals surface area contributed by atoms with Crippen molar-refractivity contribution in [3.63, 3.8) is 0 Å². The van der Waals surface area contributed by atoms with E-state index in [0.717, 1.165) is 9.80 Å². The van der Waals surface area contributed by atoms with Gasteiger partial charge in [-0.15, -0.1) is 0 Å². The van der Waals surface area contributed by atoms with Crippen LogP contribution in [0, 0.1) is 0 Å². The predicted octanol–water partition coefficient (Wildman–Crippen LogP) is 4.44. The molecule has 4 amide bonds. The predicted molar refractivity (Wildman–Crippen MR) is 172 cm³/mol. The highest BCUT2D eigenvalue weighted by molar-refractivity contribution is 6.35. The maximum Gasteiger partial charge on any atom is 0.338 e. The summed E-state index contributed by atoms with van der Waals surface area (Å²) in [5.74, 6) is -5.08. The summed E-state index contributed by atoms with van der Waals surface area (Å²) in [5.41, 5.74) is 1.62. The van der Waals surface area contributed by atoms with Gasteiger partial charge < -0.3 is 4.74 Å². The van der Waals surface area contributed by atoms with E-state index < -0.39 is 47.1 Å². The first-order chi connectivity index (χ1) is 23.7. The normalized spacial score (nSPS) is 16.4. The number of carbonyl (C=O) groups excluding carboxylic acids is 7. The Morgan fingerprint density at radius 2 is 1.43 bits per heavy atom. The van der Waals surface area contributed by atoms with Crippen molar-refractivity contribution in [2.45, 2.75) is 12.3 Å². The number of imide groups is 2. The van der Waals surface area contributed by atoms with E-state index in [1.807, 2.05) is 0 Å². The van der Waals surface area contributed by atoms with Gasteiger partial charge >= 0.3 is 5.97 Å². The fourth-order valence-corrected chi connectivity index (χ4v) is 6.48. The molecule has 0 fully saturated rings. The van der Waals surface area contributed by atoms with Crippen molar-refractivity contribution in [2.24, 2.45) is 0 Å². The largest absolute Gasteiger partial charge is 0.462 e. The highest BCUT2D eigenvalue weighted by atomic mass is 16.5. The number of benzene rings is 3. The third-order valence-corrected chi connectivity index (χ3v) is 8.85. The molecule has 8 rings (SSSR count). The summed E-state index contributed by atoms with van der Waals surface area (Å²) < 4.78 is 5.36. The standard InChI is InChI=1S/C37H22N4O8/c42-31-21-13-11-20(37(48)49-17-5-16-40-33(44)22-7-1-2-8-23(22)34(40)45)18-25(21)32(43)28(31)26-14-12-19-6-3-10-27(29(19)39-26)41-35(46)24-9-4-15-38-30(24)36(41)47/h1-4,6-15,18,28H,5,16-17H2. The summed E-state index contributed by atoms with van der Waals surface area (Å²) in [4.78, 5) is 102. The van der Waals surface area contributed by atoms with Crippen LogP contribution < -0.4 is 4.90 Å². The Kier molecular flexibility index (Phi) is 6.81. The first kappa shape index (κ1) is 29.7. The number of nitrogens with zero attached hydrogens (tertiary/aromatic N) is 4. The van der Waals surface area contributed by atoms with Gasteiger partial charge in [-0.2, -0.15) is 0 Å². The zero-order valence-corrected chi connectivity index (χ0v) is 25.4. The lowest BCUT2D eigenvalue weighted by molar-refractivity contribution is 0.0481. The van der Waals surface area contributed by atoms with Crippen LogP contribution in [0.4, 0.5) is 5.69 Å². The van der Waals surface area contributed by atoms with Gasteiger partial charge in [-0.25, -0.2) is 14.7 Å². The van der Waals surface area contributed by atoms with Crippen molar-refractivity contribution >= 4 is 57.8 Å². The van der Waals surface area contributed by atoms with Gasteiger partial charge in [-0.3, -0.25) is 38.7 Å². The molecule has 12 heteroatoms. The number of ketones is 2. The number of amides is 4. The molecule has 238 valence electrons. The highest BCUT2D eigenvalue weighted by Crippen LogP contribution is 2.37. The molecule has 3 aliphatic rings. The fraction of sp³-hybridized carbons (Fsp3) is 0.108. The molecule has 5 aromatic rings. The van der Waals surface area contributed by atoms with Crippen molar-refractivity contribution in [3.05, 3.63) is 136 Å². The summed E-state index contributed by atoms with van der Waals surface area (Å²) in [6.45, 7) is -0.0335. The SMILES string of the molecule is O=C(OCCCN1C(=O)c2ccccc2C1=O)c1ccc2c(c1)C(=O)C(c1ccc3cccc(N4C(=O)c5cccnc5C4=O)c3n1)C2=O. The maximum absolute atomic E-state index is 13.7. The van der Waals surface area contributed by atoms with E-state index in [2.05, 4.69) is 9.97 Å². The van der Waals surface area contributed by atoms with Gasteiger partial charge in [0.15, 0.2) is 11.6 Å². The minimum Gasteiger partial charge on any atom is -0.462 e. The minimum absolute atomic E-state index is 0.0226. The Morgan fingerprint density at radius 1 is 0.694 bits per heavy atom. The van der Waals surface area contributed by atoms with E-state index in [0.29, 0.717) is 16.5 Å². The van der Waals surface area contributed by atoms with Gasteiger partial charge in [0, 0.05) is 29.3 Å². The molecule has 0 saturated heterocycles. The second kappa shape index (κ2) is 11.2. The van der Waals surface area contributed by atoms with E-state index >= 15 is 0 Å². The molecule has 2 aliphatic heterocycles. The van der Waals surface area contributed by atoms with Gasteiger partial charge in [-0.1, -0.05) is 30.3 Å². The van der Waals surface area contributed by atoms with Crippen LogP contribution in [0.5, 0.6) is 0 Å². The van der Waals surface area contributed by atoms with Crippen LogP contribution in [0.1, 0.15) is 90.7 Å². The average Bonchev–Trinajstić information content (AvgIpc) is 3.64. The van der Waals surface area contributed by atoms with Crippen molar-refractivity contribution in [1.82, 2.24) is 14.9 Å². The van der Waals surface area contributed by atoms with Crippen molar-refractivity contribution in [1.29, 1.82) is 0 Å². The first-order valence-electron chi connectivity index (χ1n) is 15.3. The number of ether oxygens (including phenoxy) is 1. The number of esters is 1. The first-order valence-corrected chi connectivity index (χ1v) is 15.3. The lowest BCUT2D eigenvalue weighted by Gasteiger charge is -2.17. The summed E-state index contributed by atoms with van der Waals surface area (Å²) in [5, 5.41) is 0.578. The van der Waals surface area contributed by atoms with Crippen LogP contribution in [0.3, 0.4) is 0 Å². The fourth-order valence-electron chi connectivity index (χ4n) is 6.48. The topological polar surface area (TPSA) is 161 Å². The molecule has 1 aliphatic carbocycles. The smallest absolute Gasteiger partial charge is 0.338 e. The van der Waals surface area contributed by atoms with Gasteiger partial charge in [0.25, 0.3) is 23.6 Å². The number of hydrogen-bond acceptors (Lipinski definition) is 10. The molecule has 0 radical (unpaired) electrons. The molecule has 2 aromatic heterocycles. The van der Waals surface area contributed by atoms with Crippen LogP contribution in [-0.4, -0.2) is 69.2 Å². The third-order valence-electron chi connectivity index (χ3n) is 8.85. The van der Waals surface area contributed by atoms with Crippen LogP contribution in [-0.2, 0) is 4.74 Å². The molecule has 0 bridgehead atoms. The van der Waals surface area contributed by atoms with Gasteiger partial charge in [-0.05, 0) is 61.0 Å². The van der Waals surface area contributed by atoms with Crippen molar-refractivity contribution in [3.8, 4) is 0 Å². The molecule has 12 nitrogen and oxygen atoms in total. The van der Waals surface area contributed by atoms with E-state index in [-0.39, 0.29) is 64.4 Å². The second-order valence-corrected chi connectivity index (χ2v) is 11.6. The van der Waals surface area contributed by atoms with E-state index in [1.165, 1.54) is 30.5 Å². The molecule has 0 N–H and O–H groups in total. The van der Waals surface area contributed by atoms with Gasteiger partial charge in [0.1, 0.15) is 11.6 Å².